The van der Waals surface area contributed by atoms with E-state index in [0.29, 0.717) is 0 Å². The predicted octanol–water partition coefficient (Wildman–Crippen LogP) is 14.3. The van der Waals surface area contributed by atoms with Gasteiger partial charge < -0.3 is 4.57 Å². The van der Waals surface area contributed by atoms with Crippen LogP contribution < -0.4 is 0 Å². The van der Waals surface area contributed by atoms with Gasteiger partial charge in [-0.1, -0.05) is 147 Å². The fraction of sp³-hybridized carbons (Fsp3) is 0.0545. The monoisotopic (exact) mass is 739 g/mol. The van der Waals surface area contributed by atoms with Crippen molar-refractivity contribution in [2.24, 2.45) is 0 Å². The number of benzene rings is 9. The summed E-state index contributed by atoms with van der Waals surface area (Å²) in [6.07, 6.45) is 3.59. The molecule has 2 aromatic heterocycles. The molecule has 12 rings (SSSR count). The summed E-state index contributed by atoms with van der Waals surface area (Å²) in [6.45, 7) is 4.74. The summed E-state index contributed by atoms with van der Waals surface area (Å²) in [5, 5.41) is 7.22. The summed E-state index contributed by atoms with van der Waals surface area (Å²) in [4.78, 5) is 9.59. The van der Waals surface area contributed by atoms with E-state index in [1.165, 1.54) is 93.9 Å². The quantitative estimate of drug-likeness (QED) is 0.168. The Balaban J connectivity index is 0.887. The van der Waals surface area contributed by atoms with Gasteiger partial charge in [-0.2, -0.15) is 0 Å². The van der Waals surface area contributed by atoms with Crippen molar-refractivity contribution >= 4 is 54.4 Å². The molecule has 58 heavy (non-hydrogen) atoms. The van der Waals surface area contributed by atoms with Gasteiger partial charge in [0.05, 0.1) is 22.1 Å². The maximum atomic E-state index is 4.82. The smallest absolute Gasteiger partial charge is 0.0971 e. The minimum atomic E-state index is -0.158. The average molecular weight is 740 g/mol. The molecule has 0 fully saturated rings. The normalized spacial score (nSPS) is 13.1. The number of hydrogen-bond acceptors (Lipinski definition) is 2. The Morgan fingerprint density at radius 3 is 1.52 bits per heavy atom. The fourth-order valence-electron chi connectivity index (χ4n) is 9.77. The third-order valence-electron chi connectivity index (χ3n) is 12.7. The molecule has 0 spiro atoms. The van der Waals surface area contributed by atoms with Gasteiger partial charge in [-0.25, -0.2) is 0 Å². The van der Waals surface area contributed by atoms with Crippen LogP contribution in [0.4, 0.5) is 0 Å². The summed E-state index contributed by atoms with van der Waals surface area (Å²) in [6, 6.07) is 64.7. The second-order valence-corrected chi connectivity index (χ2v) is 16.2. The molecule has 0 atom stereocenters. The van der Waals surface area contributed by atoms with Crippen LogP contribution in [0, 0.1) is 0 Å². The molecule has 1 aliphatic carbocycles. The van der Waals surface area contributed by atoms with Gasteiger partial charge in [-0.15, -0.1) is 0 Å². The van der Waals surface area contributed by atoms with E-state index in [0.717, 1.165) is 21.8 Å². The standard InChI is InChI=1S/C55H37N3/c1-55(2)49-31-37(34-16-18-35(19-17-34)39-23-27-46-45-13-8-9-15-51(45)58(52(46)33-39)40-10-4-3-5-11-40)21-25-43(49)44-26-22-38(32-50(44)55)36-20-24-42-41-12-6-7-14-47(41)53-54(48(42)30-36)57-29-28-56-53/h3-33H,1-2H3. The van der Waals surface area contributed by atoms with Gasteiger partial charge in [0, 0.05) is 45.0 Å². The Kier molecular flexibility index (Phi) is 6.98. The predicted molar refractivity (Wildman–Crippen MR) is 243 cm³/mol. The molecule has 0 amide bonds. The van der Waals surface area contributed by atoms with Crippen LogP contribution in [0.15, 0.2) is 188 Å². The molecular weight excluding hydrogens is 703 g/mol. The van der Waals surface area contributed by atoms with Crippen LogP contribution in [0.1, 0.15) is 25.0 Å². The number of aromatic nitrogens is 3. The number of fused-ring (bicyclic) bond motifs is 12. The molecule has 272 valence electrons. The molecule has 2 heterocycles. The minimum absolute atomic E-state index is 0.158. The van der Waals surface area contributed by atoms with Gasteiger partial charge in [0.25, 0.3) is 0 Å². The van der Waals surface area contributed by atoms with Crippen LogP contribution in [-0.2, 0) is 5.41 Å². The Morgan fingerprint density at radius 1 is 0.362 bits per heavy atom. The summed E-state index contributed by atoms with van der Waals surface area (Å²) >= 11 is 0. The fourth-order valence-corrected chi connectivity index (χ4v) is 9.77. The highest BCUT2D eigenvalue weighted by Crippen LogP contribution is 2.51. The maximum absolute atomic E-state index is 4.82. The SMILES string of the molecule is CC1(C)c2cc(-c3ccc(-c4ccc5c6ccccc6n(-c6ccccc6)c5c4)cc3)ccc2-c2ccc(-c3ccc4c5ccccc5c5nccnc5c4c3)cc21. The van der Waals surface area contributed by atoms with Crippen LogP contribution in [0.25, 0.3) is 105 Å². The van der Waals surface area contributed by atoms with E-state index >= 15 is 0 Å². The second-order valence-electron chi connectivity index (χ2n) is 16.2. The number of para-hydroxylation sites is 2. The lowest BCUT2D eigenvalue weighted by atomic mass is 9.80. The highest BCUT2D eigenvalue weighted by Gasteiger charge is 2.36. The molecule has 0 radical (unpaired) electrons. The van der Waals surface area contributed by atoms with Crippen LogP contribution in [0.3, 0.4) is 0 Å². The summed E-state index contributed by atoms with van der Waals surface area (Å²) in [5.41, 5.74) is 18.0. The lowest BCUT2D eigenvalue weighted by molar-refractivity contribution is 0.661. The van der Waals surface area contributed by atoms with Crippen molar-refractivity contribution in [3.05, 3.63) is 199 Å². The van der Waals surface area contributed by atoms with Crippen molar-refractivity contribution in [2.45, 2.75) is 19.3 Å². The molecule has 0 aliphatic heterocycles. The maximum Gasteiger partial charge on any atom is 0.0971 e. The molecular formula is C55H37N3. The molecule has 9 aromatic carbocycles. The third kappa shape index (κ3) is 4.80. The van der Waals surface area contributed by atoms with Crippen LogP contribution >= 0.6 is 0 Å². The van der Waals surface area contributed by atoms with Crippen LogP contribution in [-0.4, -0.2) is 14.5 Å². The number of rotatable bonds is 4. The largest absolute Gasteiger partial charge is 0.309 e. The van der Waals surface area contributed by atoms with Crippen molar-refractivity contribution < 1.29 is 0 Å². The molecule has 3 heteroatoms. The lowest BCUT2D eigenvalue weighted by Gasteiger charge is -2.23. The van der Waals surface area contributed by atoms with Crippen molar-refractivity contribution in [1.82, 2.24) is 14.5 Å². The number of nitrogens with zero attached hydrogens (tertiary/aromatic N) is 3. The second kappa shape index (κ2) is 12.3. The van der Waals surface area contributed by atoms with E-state index in [2.05, 4.69) is 194 Å². The van der Waals surface area contributed by atoms with Crippen molar-refractivity contribution in [3.63, 3.8) is 0 Å². The molecule has 1 aliphatic rings. The highest BCUT2D eigenvalue weighted by atomic mass is 15.0. The van der Waals surface area contributed by atoms with Crippen molar-refractivity contribution in [2.75, 3.05) is 0 Å². The Morgan fingerprint density at radius 2 is 0.828 bits per heavy atom. The zero-order chi connectivity index (χ0) is 38.5. The van der Waals surface area contributed by atoms with Crippen LogP contribution in [0.2, 0.25) is 0 Å². The van der Waals surface area contributed by atoms with E-state index in [1.54, 1.807) is 12.4 Å². The molecule has 0 N–H and O–H groups in total. The summed E-state index contributed by atoms with van der Waals surface area (Å²) in [7, 11) is 0. The third-order valence-corrected chi connectivity index (χ3v) is 12.7. The van der Waals surface area contributed by atoms with Gasteiger partial charge in [0.1, 0.15) is 0 Å². The van der Waals surface area contributed by atoms with E-state index in [1.807, 2.05) is 0 Å². The summed E-state index contributed by atoms with van der Waals surface area (Å²) < 4.78 is 2.39. The molecule has 3 nitrogen and oxygen atoms in total. The highest BCUT2D eigenvalue weighted by molar-refractivity contribution is 6.23. The van der Waals surface area contributed by atoms with Crippen LogP contribution in [0.5, 0.6) is 0 Å². The van der Waals surface area contributed by atoms with E-state index < -0.39 is 0 Å². The molecule has 0 unspecified atom stereocenters. The Bertz CT molecular complexity index is 3430. The average Bonchev–Trinajstić information content (AvgIpc) is 3.73. The zero-order valence-electron chi connectivity index (χ0n) is 32.2. The molecule has 0 saturated carbocycles. The van der Waals surface area contributed by atoms with Gasteiger partial charge in [-0.05, 0) is 109 Å². The van der Waals surface area contributed by atoms with E-state index in [4.69, 9.17) is 9.97 Å². The van der Waals surface area contributed by atoms with E-state index in [-0.39, 0.29) is 5.41 Å². The molecule has 11 aromatic rings. The van der Waals surface area contributed by atoms with Crippen molar-refractivity contribution in [1.29, 1.82) is 0 Å². The first kappa shape index (κ1) is 32.8. The molecule has 0 bridgehead atoms. The Labute approximate surface area is 336 Å². The first-order valence-electron chi connectivity index (χ1n) is 20.1. The topological polar surface area (TPSA) is 30.7 Å². The molecule has 0 saturated heterocycles. The Hall–Kier alpha value is -7.36. The first-order chi connectivity index (χ1) is 28.5. The van der Waals surface area contributed by atoms with Crippen molar-refractivity contribution in [3.8, 4) is 50.2 Å². The van der Waals surface area contributed by atoms with Gasteiger partial charge in [0.2, 0.25) is 0 Å². The van der Waals surface area contributed by atoms with Gasteiger partial charge in [0.15, 0.2) is 0 Å². The lowest BCUT2D eigenvalue weighted by Crippen LogP contribution is -2.15. The summed E-state index contributed by atoms with van der Waals surface area (Å²) in [5.74, 6) is 0. The van der Waals surface area contributed by atoms with Gasteiger partial charge in [-0.3, -0.25) is 9.97 Å². The van der Waals surface area contributed by atoms with E-state index in [9.17, 15) is 0 Å². The zero-order valence-corrected chi connectivity index (χ0v) is 32.2. The van der Waals surface area contributed by atoms with Gasteiger partial charge >= 0.3 is 0 Å². The minimum Gasteiger partial charge on any atom is -0.309 e. The first-order valence-corrected chi connectivity index (χ1v) is 20.1. The number of hydrogen-bond donors (Lipinski definition) is 0.